The maximum absolute atomic E-state index is 12.0. The number of hydrogen-bond donors (Lipinski definition) is 2. The average molecular weight is 309 g/mol. The Hall–Kier alpha value is -1.97. The van der Waals surface area contributed by atoms with Gasteiger partial charge in [-0.25, -0.2) is 0 Å². The maximum Gasteiger partial charge on any atom is 0.193 e. The number of carbonyl (C=O) groups is 1. The number of phenols is 1. The van der Waals surface area contributed by atoms with Gasteiger partial charge in [-0.05, 0) is 42.5 Å². The summed E-state index contributed by atoms with van der Waals surface area (Å²) in [6.07, 6.45) is 1.03. The molecule has 0 amide bonds. The molecule has 0 aliphatic heterocycles. The van der Waals surface area contributed by atoms with Crippen molar-refractivity contribution in [2.45, 2.75) is 0 Å². The molecule has 0 aliphatic carbocycles. The number of aromatic hydroxyl groups is 1. The highest BCUT2D eigenvalue weighted by atomic mass is 35.5. The molecule has 0 bridgehead atoms. The van der Waals surface area contributed by atoms with Crippen LogP contribution in [-0.2, 0) is 0 Å². The lowest BCUT2D eigenvalue weighted by atomic mass is 10.1. The monoisotopic (exact) mass is 308 g/mol. The number of hydrogen-bond acceptors (Lipinski definition) is 3. The third kappa shape index (κ3) is 3.32. The highest BCUT2D eigenvalue weighted by Crippen LogP contribution is 2.24. The number of rotatable bonds is 3. The van der Waals surface area contributed by atoms with Crippen molar-refractivity contribution in [1.29, 1.82) is 0 Å². The van der Waals surface area contributed by atoms with Crippen molar-refractivity contribution in [3.8, 4) is 5.75 Å². The molecule has 0 unspecified atom stereocenters. The summed E-state index contributed by atoms with van der Waals surface area (Å²) in [5.41, 5.74) is 0.520. The van der Waals surface area contributed by atoms with Crippen LogP contribution >= 0.6 is 23.2 Å². The van der Waals surface area contributed by atoms with E-state index >= 15 is 0 Å². The van der Waals surface area contributed by atoms with Gasteiger partial charge in [0.05, 0.1) is 5.56 Å². The standard InChI is InChI=1S/C15H10Cl2O3/c16-10-3-1-9(2-4-10)13(18)8-15(20)12-6-5-11(17)7-14(12)19/h1-8,18-19H/b13-8-. The number of phenolic OH excluding ortho intramolecular Hbond substituents is 1. The summed E-state index contributed by atoms with van der Waals surface area (Å²) in [7, 11) is 0. The number of carbonyl (C=O) groups excluding carboxylic acids is 1. The maximum atomic E-state index is 12.0. The number of halogens is 2. The lowest BCUT2D eigenvalue weighted by Crippen LogP contribution is -1.97. The molecule has 5 heteroatoms. The number of allylic oxidation sites excluding steroid dienone is 1. The van der Waals surface area contributed by atoms with Crippen molar-refractivity contribution in [3.63, 3.8) is 0 Å². The molecule has 0 heterocycles. The fraction of sp³-hybridized carbons (Fsp3) is 0. The fourth-order valence-corrected chi connectivity index (χ4v) is 1.91. The minimum atomic E-state index is -0.522. The largest absolute Gasteiger partial charge is 0.507 e. The minimum Gasteiger partial charge on any atom is -0.507 e. The van der Waals surface area contributed by atoms with Crippen LogP contribution in [0.2, 0.25) is 10.0 Å². The Balaban J connectivity index is 2.29. The van der Waals surface area contributed by atoms with Crippen LogP contribution in [0.3, 0.4) is 0 Å². The van der Waals surface area contributed by atoms with Crippen LogP contribution in [0, 0.1) is 0 Å². The quantitative estimate of drug-likeness (QED) is 0.499. The summed E-state index contributed by atoms with van der Waals surface area (Å²) in [6, 6.07) is 10.5. The molecule has 0 saturated heterocycles. The summed E-state index contributed by atoms with van der Waals surface area (Å²) in [4.78, 5) is 12.0. The van der Waals surface area contributed by atoms with Crippen LogP contribution < -0.4 is 0 Å². The van der Waals surface area contributed by atoms with E-state index in [-0.39, 0.29) is 17.1 Å². The molecule has 102 valence electrons. The highest BCUT2D eigenvalue weighted by molar-refractivity contribution is 6.31. The second kappa shape index (κ2) is 5.99. The molecule has 3 nitrogen and oxygen atoms in total. The molecule has 0 atom stereocenters. The summed E-state index contributed by atoms with van der Waals surface area (Å²) >= 11 is 11.4. The molecule has 2 aromatic rings. The van der Waals surface area contributed by atoms with E-state index in [9.17, 15) is 15.0 Å². The number of benzene rings is 2. The van der Waals surface area contributed by atoms with Gasteiger partial charge in [-0.1, -0.05) is 23.2 Å². The molecular weight excluding hydrogens is 299 g/mol. The van der Waals surface area contributed by atoms with E-state index in [0.717, 1.165) is 6.08 Å². The molecule has 0 saturated carbocycles. The van der Waals surface area contributed by atoms with Crippen LogP contribution in [0.1, 0.15) is 15.9 Å². The van der Waals surface area contributed by atoms with Crippen molar-refractivity contribution in [2.24, 2.45) is 0 Å². The summed E-state index contributed by atoms with van der Waals surface area (Å²) in [6.45, 7) is 0. The van der Waals surface area contributed by atoms with E-state index in [2.05, 4.69) is 0 Å². The molecule has 0 radical (unpaired) electrons. The summed E-state index contributed by atoms with van der Waals surface area (Å²) < 4.78 is 0. The van der Waals surface area contributed by atoms with E-state index in [1.807, 2.05) is 0 Å². The van der Waals surface area contributed by atoms with Gasteiger partial charge in [0.25, 0.3) is 0 Å². The van der Waals surface area contributed by atoms with Gasteiger partial charge in [0, 0.05) is 21.7 Å². The predicted molar refractivity (Wildman–Crippen MR) is 79.5 cm³/mol. The Labute approximate surface area is 125 Å². The first-order valence-corrected chi connectivity index (χ1v) is 6.42. The van der Waals surface area contributed by atoms with Crippen molar-refractivity contribution in [2.75, 3.05) is 0 Å². The molecule has 0 aliphatic rings. The van der Waals surface area contributed by atoms with Crippen molar-refractivity contribution in [3.05, 3.63) is 69.7 Å². The molecule has 20 heavy (non-hydrogen) atoms. The Kier molecular flexibility index (Phi) is 4.32. The first kappa shape index (κ1) is 14.4. The Morgan fingerprint density at radius 2 is 1.60 bits per heavy atom. The normalized spacial score (nSPS) is 11.4. The smallest absolute Gasteiger partial charge is 0.193 e. The van der Waals surface area contributed by atoms with E-state index in [4.69, 9.17) is 23.2 Å². The molecule has 0 aromatic heterocycles. The zero-order chi connectivity index (χ0) is 14.7. The minimum absolute atomic E-state index is 0.0647. The molecule has 2 rings (SSSR count). The average Bonchev–Trinajstić information content (AvgIpc) is 2.39. The summed E-state index contributed by atoms with van der Waals surface area (Å²) in [5.74, 6) is -0.963. The highest BCUT2D eigenvalue weighted by Gasteiger charge is 2.11. The second-order valence-corrected chi connectivity index (χ2v) is 4.94. The van der Waals surface area contributed by atoms with Gasteiger partial charge in [0.15, 0.2) is 5.78 Å². The lowest BCUT2D eigenvalue weighted by Gasteiger charge is -2.03. The number of ketones is 1. The van der Waals surface area contributed by atoms with Crippen LogP contribution in [-0.4, -0.2) is 16.0 Å². The predicted octanol–water partition coefficient (Wildman–Crippen LogP) is 4.48. The number of aliphatic hydroxyl groups excluding tert-OH is 1. The Bertz CT molecular complexity index is 676. The van der Waals surface area contributed by atoms with E-state index in [1.165, 1.54) is 18.2 Å². The molecule has 2 N–H and O–H groups in total. The third-order valence-corrected chi connectivity index (χ3v) is 3.12. The lowest BCUT2D eigenvalue weighted by molar-refractivity contribution is 0.104. The van der Waals surface area contributed by atoms with Gasteiger partial charge >= 0.3 is 0 Å². The zero-order valence-corrected chi connectivity index (χ0v) is 11.7. The first-order chi connectivity index (χ1) is 9.47. The zero-order valence-electron chi connectivity index (χ0n) is 10.2. The van der Waals surface area contributed by atoms with E-state index in [0.29, 0.717) is 15.6 Å². The Morgan fingerprint density at radius 3 is 2.20 bits per heavy atom. The molecule has 0 fully saturated rings. The van der Waals surface area contributed by atoms with Gasteiger partial charge in [0.1, 0.15) is 11.5 Å². The van der Waals surface area contributed by atoms with Crippen molar-refractivity contribution < 1.29 is 15.0 Å². The SMILES string of the molecule is O=C(/C=C(\O)c1ccc(Cl)cc1)c1ccc(Cl)cc1O. The summed E-state index contributed by atoms with van der Waals surface area (Å²) in [5, 5.41) is 20.4. The second-order valence-electron chi connectivity index (χ2n) is 4.06. The third-order valence-electron chi connectivity index (χ3n) is 2.63. The van der Waals surface area contributed by atoms with Gasteiger partial charge < -0.3 is 10.2 Å². The van der Waals surface area contributed by atoms with Gasteiger partial charge in [-0.3, -0.25) is 4.79 Å². The van der Waals surface area contributed by atoms with E-state index < -0.39 is 5.78 Å². The topological polar surface area (TPSA) is 57.5 Å². The van der Waals surface area contributed by atoms with Gasteiger partial charge in [0.2, 0.25) is 0 Å². The van der Waals surface area contributed by atoms with Crippen LogP contribution in [0.4, 0.5) is 0 Å². The van der Waals surface area contributed by atoms with Crippen LogP contribution in [0.25, 0.3) is 5.76 Å². The fourth-order valence-electron chi connectivity index (χ4n) is 1.62. The van der Waals surface area contributed by atoms with Crippen molar-refractivity contribution in [1.82, 2.24) is 0 Å². The van der Waals surface area contributed by atoms with E-state index in [1.54, 1.807) is 24.3 Å². The van der Waals surface area contributed by atoms with Gasteiger partial charge in [-0.2, -0.15) is 0 Å². The van der Waals surface area contributed by atoms with Crippen molar-refractivity contribution >= 4 is 34.7 Å². The van der Waals surface area contributed by atoms with Gasteiger partial charge in [-0.15, -0.1) is 0 Å². The van der Waals surface area contributed by atoms with Crippen LogP contribution in [0.15, 0.2) is 48.5 Å². The molecular formula is C15H10Cl2O3. The number of aliphatic hydroxyl groups is 1. The first-order valence-electron chi connectivity index (χ1n) is 5.67. The Morgan fingerprint density at radius 1 is 1.00 bits per heavy atom. The molecule has 0 spiro atoms. The van der Waals surface area contributed by atoms with Crippen LogP contribution in [0.5, 0.6) is 5.75 Å². The molecule has 2 aromatic carbocycles.